The smallest absolute Gasteiger partial charge is 0.167 e. The van der Waals surface area contributed by atoms with Gasteiger partial charge in [0, 0.05) is 0 Å². The van der Waals surface area contributed by atoms with E-state index in [0.717, 1.165) is 18.6 Å². The summed E-state index contributed by atoms with van der Waals surface area (Å²) in [5.41, 5.74) is 3.48. The van der Waals surface area contributed by atoms with Crippen LogP contribution in [0.25, 0.3) is 11.2 Å². The van der Waals surface area contributed by atoms with E-state index < -0.39 is 31.1 Å². The van der Waals surface area contributed by atoms with Crippen LogP contribution in [0.3, 0.4) is 0 Å². The van der Waals surface area contributed by atoms with Crippen molar-refractivity contribution in [1.29, 1.82) is 0 Å². The first-order valence-corrected chi connectivity index (χ1v) is 11.3. The molecule has 0 spiro atoms. The normalized spacial score (nSPS) is 26.8. The molecule has 1 aliphatic heterocycles. The van der Waals surface area contributed by atoms with Crippen molar-refractivity contribution >= 4 is 17.0 Å². The van der Waals surface area contributed by atoms with Crippen molar-refractivity contribution in [1.82, 2.24) is 19.5 Å². The molecule has 3 aromatic rings. The lowest BCUT2D eigenvalue weighted by atomic mass is 10.1. The standard InChI is InChI=1S/C23H29N5O5/c1-12(2)9-32-14-4-5-15-13(7-14)3-6-16(15)27-21-18-22(25-10-24-21)28(11-26-18)23-20(31)19(30)17(8-29)33-23/h4-5,7,10-12,16-17,19-20,23,29-31H,3,6,8-9H2,1-2H3,(H,24,25,27)/t16?,17-,19-,20-,23-/m1/s1. The Morgan fingerprint density at radius 3 is 2.82 bits per heavy atom. The molecule has 2 aliphatic rings. The summed E-state index contributed by atoms with van der Waals surface area (Å²) in [6.45, 7) is 4.56. The molecule has 176 valence electrons. The predicted molar refractivity (Wildman–Crippen MR) is 120 cm³/mol. The lowest BCUT2D eigenvalue weighted by Crippen LogP contribution is -2.33. The Morgan fingerprint density at radius 2 is 2.06 bits per heavy atom. The van der Waals surface area contributed by atoms with Crippen LogP contribution in [0, 0.1) is 5.92 Å². The van der Waals surface area contributed by atoms with Crippen molar-refractivity contribution < 1.29 is 24.8 Å². The van der Waals surface area contributed by atoms with Crippen molar-refractivity contribution in [2.45, 2.75) is 57.3 Å². The fourth-order valence-electron chi connectivity index (χ4n) is 4.52. The van der Waals surface area contributed by atoms with Crippen LogP contribution in [0.5, 0.6) is 5.75 Å². The van der Waals surface area contributed by atoms with Gasteiger partial charge in [-0.25, -0.2) is 15.0 Å². The fraction of sp³-hybridized carbons (Fsp3) is 0.522. The molecular formula is C23H29N5O5. The first kappa shape index (κ1) is 22.0. The molecule has 1 aromatic carbocycles. The number of anilines is 1. The molecule has 5 atom stereocenters. The number of nitrogens with one attached hydrogen (secondary N) is 1. The van der Waals surface area contributed by atoms with E-state index in [-0.39, 0.29) is 6.04 Å². The van der Waals surface area contributed by atoms with E-state index in [2.05, 4.69) is 46.2 Å². The fourth-order valence-corrected chi connectivity index (χ4v) is 4.52. The van der Waals surface area contributed by atoms with Gasteiger partial charge in [0.1, 0.15) is 30.4 Å². The van der Waals surface area contributed by atoms with Gasteiger partial charge in [-0.2, -0.15) is 0 Å². The molecule has 0 amide bonds. The van der Waals surface area contributed by atoms with Crippen LogP contribution in [0.1, 0.15) is 43.7 Å². The van der Waals surface area contributed by atoms with Crippen molar-refractivity contribution in [3.8, 4) is 5.75 Å². The third-order valence-corrected chi connectivity index (χ3v) is 6.24. The highest BCUT2D eigenvalue weighted by Gasteiger charge is 2.44. The predicted octanol–water partition coefficient (Wildman–Crippen LogP) is 1.57. The lowest BCUT2D eigenvalue weighted by molar-refractivity contribution is -0.0511. The van der Waals surface area contributed by atoms with Crippen LogP contribution in [-0.4, -0.2) is 66.4 Å². The van der Waals surface area contributed by atoms with Crippen LogP contribution in [0.2, 0.25) is 0 Å². The maximum atomic E-state index is 10.4. The maximum absolute atomic E-state index is 10.4. The van der Waals surface area contributed by atoms with Gasteiger partial charge in [0.25, 0.3) is 0 Å². The number of aliphatic hydroxyl groups excluding tert-OH is 3. The number of imidazole rings is 1. The Morgan fingerprint density at radius 1 is 1.21 bits per heavy atom. The van der Waals surface area contributed by atoms with Gasteiger partial charge in [-0.1, -0.05) is 19.9 Å². The van der Waals surface area contributed by atoms with Crippen LogP contribution < -0.4 is 10.1 Å². The number of nitrogens with zero attached hydrogens (tertiary/aromatic N) is 4. The SMILES string of the molecule is CC(C)COc1ccc2c(c1)CCC2Nc1ncnc2c1ncn2[C@@H]1O[C@H](CO)[C@@H](O)[C@H]1O. The van der Waals surface area contributed by atoms with Crippen molar-refractivity contribution in [2.24, 2.45) is 5.92 Å². The molecule has 2 aromatic heterocycles. The minimum atomic E-state index is -1.21. The Hall–Kier alpha value is -2.79. The van der Waals surface area contributed by atoms with E-state index in [4.69, 9.17) is 9.47 Å². The Labute approximate surface area is 191 Å². The second-order valence-corrected chi connectivity index (χ2v) is 9.08. The van der Waals surface area contributed by atoms with Gasteiger partial charge < -0.3 is 30.1 Å². The van der Waals surface area contributed by atoms with Gasteiger partial charge in [-0.3, -0.25) is 4.57 Å². The number of hydrogen-bond acceptors (Lipinski definition) is 9. The molecule has 3 heterocycles. The van der Waals surface area contributed by atoms with E-state index in [1.165, 1.54) is 23.8 Å². The van der Waals surface area contributed by atoms with Gasteiger partial charge >= 0.3 is 0 Å². The first-order valence-electron chi connectivity index (χ1n) is 11.3. The van der Waals surface area contributed by atoms with Gasteiger partial charge in [0.05, 0.1) is 25.6 Å². The van der Waals surface area contributed by atoms with Crippen LogP contribution in [0.15, 0.2) is 30.9 Å². The van der Waals surface area contributed by atoms with Gasteiger partial charge in [-0.05, 0) is 42.0 Å². The Kier molecular flexibility index (Phi) is 5.92. The number of rotatable bonds is 7. The second kappa shape index (κ2) is 8.86. The highest BCUT2D eigenvalue weighted by Crippen LogP contribution is 2.37. The molecule has 0 radical (unpaired) electrons. The van der Waals surface area contributed by atoms with Gasteiger partial charge in [0.2, 0.25) is 0 Å². The topological polar surface area (TPSA) is 135 Å². The van der Waals surface area contributed by atoms with Crippen molar-refractivity contribution in [2.75, 3.05) is 18.5 Å². The summed E-state index contributed by atoms with van der Waals surface area (Å²) in [4.78, 5) is 13.2. The molecule has 0 bridgehead atoms. The average molecular weight is 456 g/mol. The number of ether oxygens (including phenoxy) is 2. The monoisotopic (exact) mass is 455 g/mol. The van der Waals surface area contributed by atoms with E-state index >= 15 is 0 Å². The molecule has 1 saturated heterocycles. The molecule has 5 rings (SSSR count). The highest BCUT2D eigenvalue weighted by molar-refractivity contribution is 5.83. The largest absolute Gasteiger partial charge is 0.493 e. The summed E-state index contributed by atoms with van der Waals surface area (Å²) in [7, 11) is 0. The molecule has 1 aliphatic carbocycles. The molecule has 10 heteroatoms. The lowest BCUT2D eigenvalue weighted by Gasteiger charge is -2.17. The molecule has 4 N–H and O–H groups in total. The number of aromatic nitrogens is 4. The zero-order chi connectivity index (χ0) is 23.1. The minimum absolute atomic E-state index is 0.0799. The molecule has 1 fully saturated rings. The molecular weight excluding hydrogens is 426 g/mol. The van der Waals surface area contributed by atoms with E-state index in [9.17, 15) is 15.3 Å². The Bertz CT molecular complexity index is 1140. The number of benzene rings is 1. The zero-order valence-corrected chi connectivity index (χ0v) is 18.6. The van der Waals surface area contributed by atoms with Crippen LogP contribution in [-0.2, 0) is 11.2 Å². The maximum Gasteiger partial charge on any atom is 0.167 e. The summed E-state index contributed by atoms with van der Waals surface area (Å²) < 4.78 is 13.1. The van der Waals surface area contributed by atoms with Crippen molar-refractivity contribution in [3.63, 3.8) is 0 Å². The summed E-state index contributed by atoms with van der Waals surface area (Å²) >= 11 is 0. The zero-order valence-electron chi connectivity index (χ0n) is 18.6. The van der Waals surface area contributed by atoms with Gasteiger partial charge in [0.15, 0.2) is 23.2 Å². The quantitative estimate of drug-likeness (QED) is 0.419. The number of aryl methyl sites for hydroxylation is 1. The average Bonchev–Trinajstić information content (AvgIpc) is 3.49. The summed E-state index contributed by atoms with van der Waals surface area (Å²) in [6, 6.07) is 6.31. The molecule has 0 saturated carbocycles. The second-order valence-electron chi connectivity index (χ2n) is 9.08. The first-order chi connectivity index (χ1) is 16.0. The summed E-state index contributed by atoms with van der Waals surface area (Å²) in [5, 5.41) is 33.3. The summed E-state index contributed by atoms with van der Waals surface area (Å²) in [6.07, 6.45) is 0.629. The van der Waals surface area contributed by atoms with E-state index in [1.54, 1.807) is 4.57 Å². The number of fused-ring (bicyclic) bond motifs is 2. The Balaban J connectivity index is 1.37. The van der Waals surface area contributed by atoms with E-state index in [0.29, 0.717) is 29.5 Å². The van der Waals surface area contributed by atoms with Gasteiger partial charge in [-0.15, -0.1) is 0 Å². The molecule has 1 unspecified atom stereocenters. The number of hydrogen-bond donors (Lipinski definition) is 4. The minimum Gasteiger partial charge on any atom is -0.493 e. The van der Waals surface area contributed by atoms with Crippen LogP contribution in [0.4, 0.5) is 5.82 Å². The highest BCUT2D eigenvalue weighted by atomic mass is 16.6. The third kappa shape index (κ3) is 4.04. The third-order valence-electron chi connectivity index (χ3n) is 6.24. The molecule has 10 nitrogen and oxygen atoms in total. The summed E-state index contributed by atoms with van der Waals surface area (Å²) in [5.74, 6) is 1.95. The number of aliphatic hydroxyl groups is 3. The van der Waals surface area contributed by atoms with E-state index in [1.807, 2.05) is 6.07 Å². The van der Waals surface area contributed by atoms with Crippen molar-refractivity contribution in [3.05, 3.63) is 42.0 Å². The van der Waals surface area contributed by atoms with Crippen LogP contribution >= 0.6 is 0 Å². The molecule has 33 heavy (non-hydrogen) atoms.